The first-order valence-corrected chi connectivity index (χ1v) is 10.9. The van der Waals surface area contributed by atoms with Gasteiger partial charge in [-0.1, -0.05) is 23.9 Å². The van der Waals surface area contributed by atoms with Gasteiger partial charge in [-0.05, 0) is 24.8 Å². The van der Waals surface area contributed by atoms with Gasteiger partial charge in [-0.15, -0.1) is 0 Å². The van der Waals surface area contributed by atoms with Crippen molar-refractivity contribution in [3.63, 3.8) is 0 Å². The van der Waals surface area contributed by atoms with Gasteiger partial charge in [0.15, 0.2) is 5.17 Å². The fourth-order valence-electron chi connectivity index (χ4n) is 3.48. The number of hydrogen-bond donors (Lipinski definition) is 1. The summed E-state index contributed by atoms with van der Waals surface area (Å²) < 4.78 is 10.2. The molecule has 0 fully saturated rings. The first-order chi connectivity index (χ1) is 15.4. The van der Waals surface area contributed by atoms with E-state index in [2.05, 4.69) is 10.3 Å². The van der Waals surface area contributed by atoms with Crippen molar-refractivity contribution in [2.45, 2.75) is 26.3 Å². The van der Waals surface area contributed by atoms with Gasteiger partial charge < -0.3 is 19.7 Å². The van der Waals surface area contributed by atoms with E-state index >= 15 is 0 Å². The smallest absolute Gasteiger partial charge is 0.338 e. The van der Waals surface area contributed by atoms with Gasteiger partial charge in [0.25, 0.3) is 5.69 Å². The first-order valence-electron chi connectivity index (χ1n) is 9.98. The van der Waals surface area contributed by atoms with Gasteiger partial charge in [0.05, 0.1) is 41.9 Å². The predicted molar refractivity (Wildman–Crippen MR) is 120 cm³/mol. The highest BCUT2D eigenvalue weighted by Gasteiger charge is 2.41. The molecule has 1 amide bonds. The predicted octanol–water partition coefficient (Wildman–Crippen LogP) is 2.89. The second kappa shape index (κ2) is 10.4. The first kappa shape index (κ1) is 23.5. The number of nitrogens with zero attached hydrogens (tertiary/aromatic N) is 3. The van der Waals surface area contributed by atoms with Gasteiger partial charge in [-0.3, -0.25) is 14.9 Å². The molecule has 0 saturated heterocycles. The number of benzene rings is 1. The van der Waals surface area contributed by atoms with Crippen LogP contribution in [-0.4, -0.2) is 53.7 Å². The molecule has 11 heteroatoms. The molecule has 170 valence electrons. The molecule has 1 N–H and O–H groups in total. The molecule has 0 aliphatic carbocycles. The van der Waals surface area contributed by atoms with E-state index in [1.165, 1.54) is 23.9 Å². The molecule has 0 spiro atoms. The van der Waals surface area contributed by atoms with Crippen LogP contribution in [0, 0.1) is 10.1 Å². The van der Waals surface area contributed by atoms with E-state index in [1.807, 2.05) is 0 Å². The number of thioether (sulfide) groups is 1. The van der Waals surface area contributed by atoms with Crippen molar-refractivity contribution in [1.29, 1.82) is 0 Å². The number of nitro groups is 1. The quantitative estimate of drug-likeness (QED) is 0.258. The molecule has 0 radical (unpaired) electrons. The lowest BCUT2D eigenvalue weighted by atomic mass is 9.93. The average molecular weight is 461 g/mol. The molecule has 1 aromatic carbocycles. The Morgan fingerprint density at radius 2 is 2.16 bits per heavy atom. The largest absolute Gasteiger partial charge is 0.463 e. The Balaban J connectivity index is 2.01. The van der Waals surface area contributed by atoms with E-state index in [4.69, 9.17) is 9.47 Å². The van der Waals surface area contributed by atoms with Gasteiger partial charge in [-0.25, -0.2) is 9.79 Å². The molecule has 3 rings (SSSR count). The second-order valence-electron chi connectivity index (χ2n) is 6.99. The van der Waals surface area contributed by atoms with Crippen molar-refractivity contribution < 1.29 is 24.0 Å². The summed E-state index contributed by atoms with van der Waals surface area (Å²) in [6, 6.07) is 5.39. The maximum absolute atomic E-state index is 12.9. The molecule has 0 aromatic heterocycles. The van der Waals surface area contributed by atoms with E-state index in [1.54, 1.807) is 43.4 Å². The van der Waals surface area contributed by atoms with Crippen molar-refractivity contribution in [2.75, 3.05) is 26.9 Å². The van der Waals surface area contributed by atoms with Crippen LogP contribution in [-0.2, 0) is 19.1 Å². The maximum atomic E-state index is 12.9. The monoisotopic (exact) mass is 460 g/mol. The van der Waals surface area contributed by atoms with Crippen molar-refractivity contribution in [3.05, 3.63) is 62.3 Å². The van der Waals surface area contributed by atoms with Crippen LogP contribution in [0.2, 0.25) is 0 Å². The topological polar surface area (TPSA) is 123 Å². The van der Waals surface area contributed by atoms with Gasteiger partial charge >= 0.3 is 5.97 Å². The highest BCUT2D eigenvalue weighted by molar-refractivity contribution is 8.16. The summed E-state index contributed by atoms with van der Waals surface area (Å²) in [4.78, 5) is 42.5. The number of ether oxygens (including phenoxy) is 2. The van der Waals surface area contributed by atoms with Crippen molar-refractivity contribution in [2.24, 2.45) is 4.99 Å². The van der Waals surface area contributed by atoms with Crippen LogP contribution in [0.25, 0.3) is 0 Å². The molecule has 2 aliphatic rings. The summed E-state index contributed by atoms with van der Waals surface area (Å²) in [5.41, 5.74) is 1.82. The number of fused-ring (bicyclic) bond motifs is 1. The molecule has 1 atom stereocenters. The summed E-state index contributed by atoms with van der Waals surface area (Å²) in [7, 11) is 1.55. The minimum atomic E-state index is -0.713. The van der Waals surface area contributed by atoms with Gasteiger partial charge in [0.1, 0.15) is 0 Å². The number of aliphatic imine (C=N–C) groups is 1. The summed E-state index contributed by atoms with van der Waals surface area (Å²) >= 11 is 1.33. The Morgan fingerprint density at radius 1 is 1.38 bits per heavy atom. The van der Waals surface area contributed by atoms with E-state index < -0.39 is 16.9 Å². The number of methoxy groups -OCH3 is 1. The summed E-state index contributed by atoms with van der Waals surface area (Å²) in [6.45, 7) is 4.35. The fourth-order valence-corrected chi connectivity index (χ4v) is 4.45. The molecule has 2 heterocycles. The third-order valence-electron chi connectivity index (χ3n) is 4.86. The molecule has 1 aromatic rings. The number of esters is 1. The van der Waals surface area contributed by atoms with Crippen LogP contribution in [0.5, 0.6) is 0 Å². The lowest BCUT2D eigenvalue weighted by Crippen LogP contribution is -2.38. The van der Waals surface area contributed by atoms with E-state index in [-0.39, 0.29) is 30.2 Å². The number of hydrogen-bond acceptors (Lipinski definition) is 9. The highest BCUT2D eigenvalue weighted by atomic mass is 32.2. The number of nitrogens with one attached hydrogen (secondary N) is 1. The summed E-state index contributed by atoms with van der Waals surface area (Å²) in [6.07, 6.45) is 0.0519. The van der Waals surface area contributed by atoms with Crippen molar-refractivity contribution in [3.8, 4) is 0 Å². The molecule has 2 aliphatic heterocycles. The van der Waals surface area contributed by atoms with Gasteiger partial charge in [0.2, 0.25) is 5.91 Å². The Labute approximate surface area is 189 Å². The average Bonchev–Trinajstić information content (AvgIpc) is 3.15. The van der Waals surface area contributed by atoms with Crippen LogP contribution in [0.15, 0.2) is 51.6 Å². The number of allylic oxidation sites excluding steroid dienone is 1. The Bertz CT molecular complexity index is 1020. The van der Waals surface area contributed by atoms with E-state index in [0.29, 0.717) is 35.3 Å². The lowest BCUT2D eigenvalue weighted by Gasteiger charge is -2.36. The van der Waals surface area contributed by atoms with Crippen LogP contribution in [0.4, 0.5) is 5.69 Å². The number of non-ortho nitro benzene ring substituents is 1. The number of rotatable bonds is 9. The number of nitro benzene ring substituents is 1. The molecular formula is C21H24N4O6S. The van der Waals surface area contributed by atoms with Gasteiger partial charge in [0, 0.05) is 31.5 Å². The fraction of sp³-hybridized carbons (Fsp3) is 0.381. The summed E-state index contributed by atoms with van der Waals surface area (Å²) in [5.74, 6) is -0.762. The molecule has 0 unspecified atom stereocenters. The molecule has 32 heavy (non-hydrogen) atoms. The second-order valence-corrected chi connectivity index (χ2v) is 7.82. The SMILES string of the molecule is CCOC(=O)C1=C(C)N=C2SC=C(CC(=O)NCCOC)N2[C@@H]1c1cccc([N+](=O)[O-])c1. The third kappa shape index (κ3) is 5.00. The van der Waals surface area contributed by atoms with E-state index in [0.717, 1.165) is 0 Å². The third-order valence-corrected chi connectivity index (χ3v) is 5.75. The van der Waals surface area contributed by atoms with Crippen LogP contribution >= 0.6 is 11.8 Å². The van der Waals surface area contributed by atoms with Crippen molar-refractivity contribution >= 4 is 34.5 Å². The number of amidine groups is 1. The van der Waals surface area contributed by atoms with Crippen LogP contribution < -0.4 is 5.32 Å². The zero-order chi connectivity index (χ0) is 23.3. The molecular weight excluding hydrogens is 436 g/mol. The normalized spacial score (nSPS) is 17.5. The molecule has 0 bridgehead atoms. The molecule has 10 nitrogen and oxygen atoms in total. The standard InChI is InChI=1S/C21H24N4O6S/c1-4-31-20(27)18-13(2)23-21-24(16(12-32-21)11-17(26)22-8-9-30-3)19(18)14-6-5-7-15(10-14)25(28)29/h5-7,10,12,19H,4,8-9,11H2,1-3H3,(H,22,26)/t19-/m1/s1. The lowest BCUT2D eigenvalue weighted by molar-refractivity contribution is -0.384. The minimum Gasteiger partial charge on any atom is -0.463 e. The van der Waals surface area contributed by atoms with E-state index in [9.17, 15) is 19.7 Å². The highest BCUT2D eigenvalue weighted by Crippen LogP contribution is 2.45. The van der Waals surface area contributed by atoms with Gasteiger partial charge in [-0.2, -0.15) is 0 Å². The Morgan fingerprint density at radius 3 is 2.84 bits per heavy atom. The Kier molecular flexibility index (Phi) is 7.65. The maximum Gasteiger partial charge on any atom is 0.338 e. The zero-order valence-corrected chi connectivity index (χ0v) is 18.8. The zero-order valence-electron chi connectivity index (χ0n) is 18.0. The number of carbonyl (C=O) groups is 2. The molecule has 0 saturated carbocycles. The number of carbonyl (C=O) groups excluding carboxylic acids is 2. The van der Waals surface area contributed by atoms with Crippen molar-refractivity contribution in [1.82, 2.24) is 10.2 Å². The minimum absolute atomic E-state index is 0.0519. The number of amides is 1. The Hall–Kier alpha value is -3.18. The van der Waals surface area contributed by atoms with Crippen LogP contribution in [0.3, 0.4) is 0 Å². The van der Waals surface area contributed by atoms with Crippen LogP contribution in [0.1, 0.15) is 31.9 Å². The summed E-state index contributed by atoms with van der Waals surface area (Å²) in [5, 5.41) is 16.5.